The third-order valence-electron chi connectivity index (χ3n) is 3.90. The summed E-state index contributed by atoms with van der Waals surface area (Å²) in [5, 5.41) is 12.8. The van der Waals surface area contributed by atoms with E-state index in [-0.39, 0.29) is 0 Å². The zero-order valence-electron chi connectivity index (χ0n) is 12.6. The fourth-order valence-corrected chi connectivity index (χ4v) is 3.37. The molecule has 118 valence electrons. The Kier molecular flexibility index (Phi) is 4.04. The summed E-state index contributed by atoms with van der Waals surface area (Å²) in [7, 11) is 0. The summed E-state index contributed by atoms with van der Waals surface area (Å²) in [4.78, 5) is 6.59. The van der Waals surface area contributed by atoms with Gasteiger partial charge in [-0.3, -0.25) is 4.90 Å². The van der Waals surface area contributed by atoms with Gasteiger partial charge in [0.05, 0.1) is 12.2 Å². The first-order valence-electron chi connectivity index (χ1n) is 7.57. The van der Waals surface area contributed by atoms with Gasteiger partial charge in [-0.15, -0.1) is 5.10 Å². The van der Waals surface area contributed by atoms with E-state index < -0.39 is 0 Å². The Hall–Kier alpha value is -2.25. The van der Waals surface area contributed by atoms with Crippen molar-refractivity contribution in [3.05, 3.63) is 58.2 Å². The van der Waals surface area contributed by atoms with Crippen LogP contribution in [-0.2, 0) is 26.2 Å². The zero-order valence-corrected chi connectivity index (χ0v) is 13.4. The van der Waals surface area contributed by atoms with Gasteiger partial charge in [0.1, 0.15) is 12.3 Å². The van der Waals surface area contributed by atoms with E-state index in [2.05, 4.69) is 37.0 Å². The highest BCUT2D eigenvalue weighted by Gasteiger charge is 2.22. The van der Waals surface area contributed by atoms with Crippen LogP contribution < -0.4 is 4.74 Å². The highest BCUT2D eigenvalue weighted by Crippen LogP contribution is 2.19. The topological polar surface area (TPSA) is 56.1 Å². The van der Waals surface area contributed by atoms with E-state index in [1.807, 2.05) is 22.9 Å². The molecule has 4 rings (SSSR count). The number of rotatable bonds is 5. The highest BCUT2D eigenvalue weighted by atomic mass is 32.1. The molecule has 0 radical (unpaired) electrons. The van der Waals surface area contributed by atoms with Crippen molar-refractivity contribution in [3.63, 3.8) is 0 Å². The van der Waals surface area contributed by atoms with Gasteiger partial charge >= 0.3 is 0 Å². The summed E-state index contributed by atoms with van der Waals surface area (Å²) in [6, 6.07) is 7.81. The van der Waals surface area contributed by atoms with E-state index >= 15 is 0 Å². The van der Waals surface area contributed by atoms with Gasteiger partial charge in [-0.05, 0) is 28.5 Å². The molecule has 0 fully saturated rings. The fourth-order valence-electron chi connectivity index (χ4n) is 2.71. The van der Waals surface area contributed by atoms with Crippen molar-refractivity contribution in [1.82, 2.24) is 24.9 Å². The van der Waals surface area contributed by atoms with E-state index in [9.17, 15) is 0 Å². The minimum Gasteiger partial charge on any atom is -0.471 e. The Morgan fingerprint density at radius 2 is 2.22 bits per heavy atom. The van der Waals surface area contributed by atoms with Crippen LogP contribution >= 0.6 is 11.3 Å². The van der Waals surface area contributed by atoms with Gasteiger partial charge in [0.25, 0.3) is 0 Å². The van der Waals surface area contributed by atoms with E-state index in [1.54, 1.807) is 17.5 Å². The maximum Gasteiger partial charge on any atom is 0.213 e. The fraction of sp³-hybridized carbons (Fsp3) is 0.312. The van der Waals surface area contributed by atoms with Crippen LogP contribution in [-0.4, -0.2) is 31.4 Å². The molecule has 3 aromatic rings. The molecular weight excluding hydrogens is 310 g/mol. The summed E-state index contributed by atoms with van der Waals surface area (Å²) in [5.74, 6) is 0.611. The Labute approximate surface area is 138 Å². The molecule has 1 aliphatic rings. The van der Waals surface area contributed by atoms with Crippen molar-refractivity contribution < 1.29 is 4.74 Å². The molecule has 0 N–H and O–H groups in total. The largest absolute Gasteiger partial charge is 0.471 e. The number of ether oxygens (including phenoxy) is 1. The maximum atomic E-state index is 5.71. The minimum atomic E-state index is 0.401. The van der Waals surface area contributed by atoms with Gasteiger partial charge < -0.3 is 4.74 Å². The molecule has 0 unspecified atom stereocenters. The number of pyridine rings is 1. The van der Waals surface area contributed by atoms with Crippen LogP contribution in [0.25, 0.3) is 0 Å². The van der Waals surface area contributed by atoms with Gasteiger partial charge in [0, 0.05) is 31.9 Å². The minimum absolute atomic E-state index is 0.401. The number of aromatic nitrogens is 4. The quantitative estimate of drug-likeness (QED) is 0.720. The van der Waals surface area contributed by atoms with Crippen molar-refractivity contribution in [3.8, 4) is 5.88 Å². The molecule has 4 heterocycles. The number of fused-ring (bicyclic) bond motifs is 1. The zero-order chi connectivity index (χ0) is 15.5. The molecule has 0 bridgehead atoms. The first kappa shape index (κ1) is 14.3. The Balaban J connectivity index is 1.44. The summed E-state index contributed by atoms with van der Waals surface area (Å²) in [6.07, 6.45) is 1.72. The van der Waals surface area contributed by atoms with Crippen LogP contribution in [0.4, 0.5) is 0 Å². The van der Waals surface area contributed by atoms with Crippen molar-refractivity contribution >= 4 is 11.3 Å². The van der Waals surface area contributed by atoms with Crippen LogP contribution in [0.5, 0.6) is 5.88 Å². The molecule has 6 nitrogen and oxygen atoms in total. The van der Waals surface area contributed by atoms with Crippen molar-refractivity contribution in [1.29, 1.82) is 0 Å². The predicted octanol–water partition coefficient (Wildman–Crippen LogP) is 2.33. The molecule has 1 aliphatic heterocycles. The summed E-state index contributed by atoms with van der Waals surface area (Å²) < 4.78 is 7.70. The van der Waals surface area contributed by atoms with E-state index in [0.29, 0.717) is 12.5 Å². The third-order valence-corrected chi connectivity index (χ3v) is 4.63. The molecule has 7 heteroatoms. The smallest absolute Gasteiger partial charge is 0.213 e. The third kappa shape index (κ3) is 3.25. The lowest BCUT2D eigenvalue weighted by molar-refractivity contribution is 0.201. The van der Waals surface area contributed by atoms with E-state index in [1.165, 1.54) is 5.56 Å². The second-order valence-electron chi connectivity index (χ2n) is 5.50. The SMILES string of the molecule is c1ccc(OCc2nnn3c2CN(Cc2ccsc2)CC3)nc1. The monoisotopic (exact) mass is 327 g/mol. The lowest BCUT2D eigenvalue weighted by atomic mass is 10.2. The number of nitrogens with zero attached hydrogens (tertiary/aromatic N) is 5. The van der Waals surface area contributed by atoms with Crippen LogP contribution in [0.15, 0.2) is 41.2 Å². The molecule has 23 heavy (non-hydrogen) atoms. The van der Waals surface area contributed by atoms with Crippen LogP contribution in [0.3, 0.4) is 0 Å². The van der Waals surface area contributed by atoms with Gasteiger partial charge in [0.15, 0.2) is 0 Å². The number of thiophene rings is 1. The highest BCUT2D eigenvalue weighted by molar-refractivity contribution is 7.07. The van der Waals surface area contributed by atoms with Crippen LogP contribution in [0.2, 0.25) is 0 Å². The first-order valence-corrected chi connectivity index (χ1v) is 8.51. The number of hydrogen-bond donors (Lipinski definition) is 0. The molecular formula is C16H17N5OS. The molecule has 0 amide bonds. The summed E-state index contributed by atoms with van der Waals surface area (Å²) in [6.45, 7) is 4.08. The van der Waals surface area contributed by atoms with E-state index in [4.69, 9.17) is 4.74 Å². The Morgan fingerprint density at radius 3 is 3.04 bits per heavy atom. The Bertz CT molecular complexity index is 756. The van der Waals surface area contributed by atoms with Crippen LogP contribution in [0.1, 0.15) is 17.0 Å². The van der Waals surface area contributed by atoms with Crippen LogP contribution in [0, 0.1) is 0 Å². The van der Waals surface area contributed by atoms with Crippen molar-refractivity contribution in [2.45, 2.75) is 26.2 Å². The predicted molar refractivity (Wildman–Crippen MR) is 87.0 cm³/mol. The van der Waals surface area contributed by atoms with Gasteiger partial charge in [0.2, 0.25) is 5.88 Å². The molecule has 0 saturated heterocycles. The lowest BCUT2D eigenvalue weighted by Crippen LogP contribution is -2.33. The lowest BCUT2D eigenvalue weighted by Gasteiger charge is -2.27. The molecule has 0 aromatic carbocycles. The average molecular weight is 327 g/mol. The molecule has 0 saturated carbocycles. The maximum absolute atomic E-state index is 5.71. The Morgan fingerprint density at radius 1 is 1.22 bits per heavy atom. The standard InChI is InChI=1S/C16H17N5OS/c1-2-5-17-16(3-1)22-11-14-15-10-20(6-7-21(15)19-18-14)9-13-4-8-23-12-13/h1-5,8,12H,6-7,9-11H2. The molecule has 0 aliphatic carbocycles. The molecule has 3 aromatic heterocycles. The average Bonchev–Trinajstić information content (AvgIpc) is 3.23. The van der Waals surface area contributed by atoms with Gasteiger partial charge in [-0.2, -0.15) is 11.3 Å². The molecule has 0 atom stereocenters. The number of hydrogen-bond acceptors (Lipinski definition) is 6. The second-order valence-corrected chi connectivity index (χ2v) is 6.28. The van der Waals surface area contributed by atoms with Gasteiger partial charge in [-0.1, -0.05) is 11.3 Å². The summed E-state index contributed by atoms with van der Waals surface area (Å²) >= 11 is 1.74. The summed E-state index contributed by atoms with van der Waals surface area (Å²) in [5.41, 5.74) is 3.40. The van der Waals surface area contributed by atoms with Gasteiger partial charge in [-0.25, -0.2) is 9.67 Å². The first-order chi connectivity index (χ1) is 11.4. The second kappa shape index (κ2) is 6.47. The van der Waals surface area contributed by atoms with Crippen molar-refractivity contribution in [2.24, 2.45) is 0 Å². The van der Waals surface area contributed by atoms with Crippen molar-refractivity contribution in [2.75, 3.05) is 6.54 Å². The van der Waals surface area contributed by atoms with E-state index in [0.717, 1.165) is 37.6 Å². The molecule has 0 spiro atoms. The normalized spacial score (nSPS) is 14.6.